The Morgan fingerprint density at radius 3 is 2.46 bits per heavy atom. The minimum atomic E-state index is -0.938. The van der Waals surface area contributed by atoms with Gasteiger partial charge >= 0.3 is 0 Å². The molecule has 1 aliphatic rings. The monoisotopic (exact) mass is 193 g/mol. The van der Waals surface area contributed by atoms with Gasteiger partial charge in [-0.1, -0.05) is 36.8 Å². The van der Waals surface area contributed by atoms with E-state index in [1.54, 1.807) is 0 Å². The molecule has 1 heterocycles. The van der Waals surface area contributed by atoms with Crippen LogP contribution < -0.4 is 0 Å². The molecule has 0 atom stereocenters. The number of hydrogen-bond donors (Lipinski definition) is 0. The molecule has 0 aromatic rings. The molecule has 0 aromatic carbocycles. The fourth-order valence-corrected chi connectivity index (χ4v) is 5.58. The lowest BCUT2D eigenvalue weighted by molar-refractivity contribution is 0.918. The van der Waals surface area contributed by atoms with Gasteiger partial charge in [0, 0.05) is 6.42 Å². The third-order valence-electron chi connectivity index (χ3n) is 3.06. The van der Waals surface area contributed by atoms with Crippen molar-refractivity contribution in [2.24, 2.45) is 0 Å². The molecule has 0 bridgehead atoms. The SMILES string of the molecule is C[Si]1(CCCC#N)CCC=CCC1. The first-order chi connectivity index (χ1) is 6.27. The average molecular weight is 193 g/mol. The van der Waals surface area contributed by atoms with Crippen LogP contribution in [0.25, 0.3) is 0 Å². The van der Waals surface area contributed by atoms with E-state index in [1.165, 1.54) is 31.0 Å². The summed E-state index contributed by atoms with van der Waals surface area (Å²) in [7, 11) is -0.938. The normalized spacial score (nSPS) is 20.6. The van der Waals surface area contributed by atoms with Crippen LogP contribution in [0.4, 0.5) is 0 Å². The molecule has 0 unspecified atom stereocenters. The first-order valence-electron chi connectivity index (χ1n) is 5.29. The lowest BCUT2D eigenvalue weighted by Crippen LogP contribution is -2.28. The van der Waals surface area contributed by atoms with Crippen molar-refractivity contribution in [3.63, 3.8) is 0 Å². The number of nitrogens with zero attached hydrogens (tertiary/aromatic N) is 1. The standard InChI is InChI=1S/C11H19NSi/c1-13(11-7-4-8-12)9-5-2-3-6-10-13/h2-3H,4-7,9-11H2,1H3. The maximum atomic E-state index is 8.49. The molecule has 1 aliphatic heterocycles. The highest BCUT2D eigenvalue weighted by molar-refractivity contribution is 6.78. The molecule has 0 aliphatic carbocycles. The van der Waals surface area contributed by atoms with Crippen LogP contribution >= 0.6 is 0 Å². The number of nitriles is 1. The second kappa shape index (κ2) is 5.24. The molecule has 72 valence electrons. The van der Waals surface area contributed by atoms with E-state index < -0.39 is 8.07 Å². The van der Waals surface area contributed by atoms with E-state index in [0.29, 0.717) is 0 Å². The van der Waals surface area contributed by atoms with Gasteiger partial charge in [0.05, 0.1) is 14.1 Å². The zero-order valence-electron chi connectivity index (χ0n) is 8.55. The second-order valence-electron chi connectivity index (χ2n) is 4.37. The van der Waals surface area contributed by atoms with Gasteiger partial charge in [0.25, 0.3) is 0 Å². The topological polar surface area (TPSA) is 23.8 Å². The molecule has 0 saturated heterocycles. The highest BCUT2D eigenvalue weighted by Crippen LogP contribution is 2.29. The molecular formula is C11H19NSi. The van der Waals surface area contributed by atoms with Crippen LogP contribution in [0.15, 0.2) is 12.2 Å². The van der Waals surface area contributed by atoms with Crippen molar-refractivity contribution in [1.82, 2.24) is 0 Å². The van der Waals surface area contributed by atoms with E-state index in [-0.39, 0.29) is 0 Å². The summed E-state index contributed by atoms with van der Waals surface area (Å²) in [6, 6.07) is 6.49. The van der Waals surface area contributed by atoms with Crippen molar-refractivity contribution in [2.45, 2.75) is 50.4 Å². The highest BCUT2D eigenvalue weighted by atomic mass is 28.3. The molecule has 1 rings (SSSR count). The van der Waals surface area contributed by atoms with Gasteiger partial charge in [0.2, 0.25) is 0 Å². The third-order valence-corrected chi connectivity index (χ3v) is 7.62. The number of hydrogen-bond acceptors (Lipinski definition) is 1. The predicted octanol–water partition coefficient (Wildman–Crippen LogP) is 3.72. The summed E-state index contributed by atoms with van der Waals surface area (Å²) in [6.45, 7) is 2.51. The van der Waals surface area contributed by atoms with Crippen LogP contribution in [0.5, 0.6) is 0 Å². The van der Waals surface area contributed by atoms with Gasteiger partial charge in [-0.2, -0.15) is 5.26 Å². The van der Waals surface area contributed by atoms with E-state index in [0.717, 1.165) is 12.8 Å². The largest absolute Gasteiger partial charge is 0.198 e. The van der Waals surface area contributed by atoms with Crippen LogP contribution in [-0.4, -0.2) is 8.07 Å². The van der Waals surface area contributed by atoms with E-state index >= 15 is 0 Å². The minimum Gasteiger partial charge on any atom is -0.198 e. The molecule has 0 spiro atoms. The molecule has 1 nitrogen and oxygen atoms in total. The summed E-state index contributed by atoms with van der Waals surface area (Å²) in [6.07, 6.45) is 9.14. The Morgan fingerprint density at radius 2 is 1.92 bits per heavy atom. The van der Waals surface area contributed by atoms with Crippen molar-refractivity contribution >= 4 is 8.07 Å². The molecular weight excluding hydrogens is 174 g/mol. The van der Waals surface area contributed by atoms with E-state index in [2.05, 4.69) is 24.8 Å². The van der Waals surface area contributed by atoms with Gasteiger partial charge in [-0.25, -0.2) is 0 Å². The summed E-state index contributed by atoms with van der Waals surface area (Å²) in [4.78, 5) is 0. The van der Waals surface area contributed by atoms with Crippen molar-refractivity contribution in [3.05, 3.63) is 12.2 Å². The fraction of sp³-hybridized carbons (Fsp3) is 0.727. The summed E-state index contributed by atoms with van der Waals surface area (Å²) >= 11 is 0. The maximum absolute atomic E-state index is 8.49. The Hall–Kier alpha value is -0.553. The summed E-state index contributed by atoms with van der Waals surface area (Å²) in [5.74, 6) is 0. The van der Waals surface area contributed by atoms with Gasteiger partial charge in [-0.15, -0.1) is 0 Å². The van der Waals surface area contributed by atoms with Gasteiger partial charge in [-0.05, 0) is 19.3 Å². The van der Waals surface area contributed by atoms with Crippen LogP contribution in [0.1, 0.15) is 25.7 Å². The van der Waals surface area contributed by atoms with Gasteiger partial charge in [0.1, 0.15) is 0 Å². The van der Waals surface area contributed by atoms with Crippen molar-refractivity contribution in [3.8, 4) is 6.07 Å². The molecule has 0 fully saturated rings. The van der Waals surface area contributed by atoms with Crippen LogP contribution in [0.2, 0.25) is 24.7 Å². The van der Waals surface area contributed by atoms with Gasteiger partial charge in [-0.3, -0.25) is 0 Å². The molecule has 0 amide bonds. The van der Waals surface area contributed by atoms with E-state index in [4.69, 9.17) is 5.26 Å². The maximum Gasteiger partial charge on any atom is 0.0621 e. The zero-order chi connectivity index (χ0) is 9.57. The van der Waals surface area contributed by atoms with Crippen LogP contribution in [0, 0.1) is 11.3 Å². The highest BCUT2D eigenvalue weighted by Gasteiger charge is 2.25. The van der Waals surface area contributed by atoms with Gasteiger partial charge in [0.15, 0.2) is 0 Å². The van der Waals surface area contributed by atoms with Crippen LogP contribution in [-0.2, 0) is 0 Å². The molecule has 0 saturated carbocycles. The first-order valence-corrected chi connectivity index (χ1v) is 8.41. The fourth-order valence-electron chi connectivity index (χ4n) is 2.07. The number of allylic oxidation sites excluding steroid dienone is 2. The lowest BCUT2D eigenvalue weighted by Gasteiger charge is -2.25. The average Bonchev–Trinajstić information content (AvgIpc) is 2.31. The quantitative estimate of drug-likeness (QED) is 0.381. The Balaban J connectivity index is 2.32. The minimum absolute atomic E-state index is 0.760. The molecule has 0 radical (unpaired) electrons. The Morgan fingerprint density at radius 1 is 1.31 bits per heavy atom. The lowest BCUT2D eigenvalue weighted by atomic mass is 10.4. The summed E-state index contributed by atoms with van der Waals surface area (Å²) in [5, 5.41) is 8.49. The summed E-state index contributed by atoms with van der Waals surface area (Å²) in [5.41, 5.74) is 0. The van der Waals surface area contributed by atoms with E-state index in [9.17, 15) is 0 Å². The number of rotatable bonds is 3. The first kappa shape index (κ1) is 10.5. The zero-order valence-corrected chi connectivity index (χ0v) is 9.55. The van der Waals surface area contributed by atoms with Crippen molar-refractivity contribution in [1.29, 1.82) is 5.26 Å². The van der Waals surface area contributed by atoms with E-state index in [1.807, 2.05) is 0 Å². The number of unbranched alkanes of at least 4 members (excludes halogenated alkanes) is 1. The Bertz CT molecular complexity index is 205. The third kappa shape index (κ3) is 3.78. The summed E-state index contributed by atoms with van der Waals surface area (Å²) < 4.78 is 0. The molecule has 2 heteroatoms. The second-order valence-corrected chi connectivity index (χ2v) is 9.49. The van der Waals surface area contributed by atoms with Gasteiger partial charge < -0.3 is 0 Å². The predicted molar refractivity (Wildman–Crippen MR) is 59.3 cm³/mol. The molecule has 0 N–H and O–H groups in total. The molecule has 0 aromatic heterocycles. The Labute approximate surface area is 82.5 Å². The molecule has 13 heavy (non-hydrogen) atoms. The van der Waals surface area contributed by atoms with Crippen LogP contribution in [0.3, 0.4) is 0 Å². The smallest absolute Gasteiger partial charge is 0.0621 e. The Kier molecular flexibility index (Phi) is 4.24. The van der Waals surface area contributed by atoms with Crippen molar-refractivity contribution < 1.29 is 0 Å². The van der Waals surface area contributed by atoms with Crippen molar-refractivity contribution in [2.75, 3.05) is 0 Å².